The molecule has 15 heavy (non-hydrogen) atoms. The molecule has 0 fully saturated rings. The molecule has 1 aliphatic rings. The molecule has 2 N–H and O–H groups in total. The molecule has 0 aromatic heterocycles. The molecular weight excluding hydrogens is 198 g/mol. The first-order valence-corrected chi connectivity index (χ1v) is 4.94. The van der Waals surface area contributed by atoms with Crippen LogP contribution in [0.15, 0.2) is 18.2 Å². The number of ether oxygens (including phenoxy) is 1. The molecule has 0 saturated carbocycles. The van der Waals surface area contributed by atoms with Crippen molar-refractivity contribution in [2.75, 3.05) is 6.51 Å². The third-order valence-corrected chi connectivity index (χ3v) is 2.62. The fourth-order valence-corrected chi connectivity index (χ4v) is 1.77. The van der Waals surface area contributed by atoms with Crippen molar-refractivity contribution in [3.8, 4) is 5.75 Å². The second-order valence-electron chi connectivity index (χ2n) is 3.70. The summed E-state index contributed by atoms with van der Waals surface area (Å²) in [5, 5.41) is 18.2. The van der Waals surface area contributed by atoms with Gasteiger partial charge in [0.2, 0.25) is 0 Å². The lowest BCUT2D eigenvalue weighted by molar-refractivity contribution is 0.210. The predicted octanol–water partition coefficient (Wildman–Crippen LogP) is 0.574. The molecule has 1 aromatic rings. The van der Waals surface area contributed by atoms with E-state index in [1.165, 1.54) is 12.1 Å². The van der Waals surface area contributed by atoms with Gasteiger partial charge in [0, 0.05) is 0 Å². The summed E-state index contributed by atoms with van der Waals surface area (Å²) >= 11 is 0. The minimum atomic E-state index is -0.872. The zero-order valence-corrected chi connectivity index (χ0v) is 8.19. The van der Waals surface area contributed by atoms with Crippen molar-refractivity contribution in [3.63, 3.8) is 0 Å². The highest BCUT2D eigenvalue weighted by molar-refractivity contribution is 6.51. The second kappa shape index (κ2) is 4.20. The Morgan fingerprint density at radius 2 is 2.33 bits per heavy atom. The fraction of sp³-hybridized carbons (Fsp3) is 0.400. The number of aryl methyl sites for hydroxylation is 1. The summed E-state index contributed by atoms with van der Waals surface area (Å²) < 4.78 is 18.3. The summed E-state index contributed by atoms with van der Waals surface area (Å²) in [4.78, 5) is 0. The van der Waals surface area contributed by atoms with Crippen LogP contribution in [0.4, 0.5) is 4.39 Å². The molecule has 80 valence electrons. The van der Waals surface area contributed by atoms with Gasteiger partial charge in [0.25, 0.3) is 0 Å². The molecule has 0 spiro atoms. The van der Waals surface area contributed by atoms with E-state index in [1.54, 1.807) is 6.07 Å². The van der Waals surface area contributed by atoms with Gasteiger partial charge in [-0.1, -0.05) is 0 Å². The van der Waals surface area contributed by atoms with Crippen LogP contribution in [-0.2, 0) is 6.42 Å². The van der Waals surface area contributed by atoms with Crippen molar-refractivity contribution in [2.24, 2.45) is 0 Å². The van der Waals surface area contributed by atoms with Crippen LogP contribution < -0.4 is 4.74 Å². The summed E-state index contributed by atoms with van der Waals surface area (Å²) in [7, 11) is 0. The largest absolute Gasteiger partial charge is 0.495 e. The van der Waals surface area contributed by atoms with Gasteiger partial charge in [0.15, 0.2) is 0 Å². The van der Waals surface area contributed by atoms with Crippen molar-refractivity contribution < 1.29 is 19.3 Å². The summed E-state index contributed by atoms with van der Waals surface area (Å²) in [5.74, 6) is 0.318. The molecule has 1 atom stereocenters. The van der Waals surface area contributed by atoms with Crippen LogP contribution in [-0.4, -0.2) is 29.6 Å². The van der Waals surface area contributed by atoms with E-state index in [2.05, 4.69) is 0 Å². The van der Waals surface area contributed by atoms with Crippen LogP contribution in [0.3, 0.4) is 0 Å². The summed E-state index contributed by atoms with van der Waals surface area (Å²) in [6.07, 6.45) is 1.26. The molecule has 0 saturated heterocycles. The average Bonchev–Trinajstić information content (AvgIpc) is 2.27. The van der Waals surface area contributed by atoms with E-state index < -0.39 is 12.9 Å². The maximum atomic E-state index is 12.9. The third-order valence-electron chi connectivity index (χ3n) is 2.62. The standard InChI is InChI=1S/C10H12BFO3/c12-8-2-3-9-7(5-8)1-4-10(15-9)11(14)6-13/h2-3,5,10,13-14H,1,4,6H2/t10-/m0/s1. The van der Waals surface area contributed by atoms with Crippen molar-refractivity contribution >= 4 is 6.92 Å². The first-order valence-electron chi connectivity index (χ1n) is 4.94. The van der Waals surface area contributed by atoms with E-state index in [0.717, 1.165) is 5.56 Å². The second-order valence-corrected chi connectivity index (χ2v) is 3.70. The first-order chi connectivity index (χ1) is 7.20. The Morgan fingerprint density at radius 3 is 3.07 bits per heavy atom. The predicted molar refractivity (Wildman–Crippen MR) is 54.2 cm³/mol. The number of hydrogen-bond acceptors (Lipinski definition) is 3. The maximum Gasteiger partial charge on any atom is 0.359 e. The van der Waals surface area contributed by atoms with Crippen LogP contribution in [0, 0.1) is 5.82 Å². The lowest BCUT2D eigenvalue weighted by Gasteiger charge is -2.27. The normalized spacial score (nSPS) is 19.3. The molecule has 0 aliphatic carbocycles. The van der Waals surface area contributed by atoms with Crippen molar-refractivity contribution in [1.82, 2.24) is 0 Å². The topological polar surface area (TPSA) is 49.7 Å². The van der Waals surface area contributed by atoms with Crippen LogP contribution in [0.5, 0.6) is 5.75 Å². The van der Waals surface area contributed by atoms with Gasteiger partial charge in [-0.3, -0.25) is 0 Å². The van der Waals surface area contributed by atoms with Gasteiger partial charge >= 0.3 is 6.92 Å². The van der Waals surface area contributed by atoms with Crippen molar-refractivity contribution in [1.29, 1.82) is 0 Å². The minimum Gasteiger partial charge on any atom is -0.495 e. The van der Waals surface area contributed by atoms with Gasteiger partial charge in [-0.15, -0.1) is 0 Å². The number of rotatable bonds is 2. The van der Waals surface area contributed by atoms with Gasteiger partial charge in [0.1, 0.15) is 17.6 Å². The molecule has 1 heterocycles. The Bertz CT molecular complexity index is 359. The average molecular weight is 210 g/mol. The smallest absolute Gasteiger partial charge is 0.359 e. The molecule has 5 heteroatoms. The zero-order valence-electron chi connectivity index (χ0n) is 8.19. The molecular formula is C10H12BFO3. The molecule has 1 aromatic carbocycles. The molecule has 1 aliphatic heterocycles. The van der Waals surface area contributed by atoms with Gasteiger partial charge in [-0.25, -0.2) is 4.39 Å². The van der Waals surface area contributed by atoms with E-state index in [1.807, 2.05) is 0 Å². The number of benzene rings is 1. The zero-order chi connectivity index (χ0) is 10.8. The lowest BCUT2D eigenvalue weighted by atomic mass is 9.61. The SMILES string of the molecule is OCB(O)[C@@H]1CCc2cc(F)ccc2O1. The molecule has 0 bridgehead atoms. The van der Waals surface area contributed by atoms with Crippen LogP contribution in [0.25, 0.3) is 0 Å². The molecule has 2 rings (SSSR count). The minimum absolute atomic E-state index is 0.279. The van der Waals surface area contributed by atoms with E-state index in [0.29, 0.717) is 18.6 Å². The number of hydrogen-bond donors (Lipinski definition) is 2. The monoisotopic (exact) mass is 210 g/mol. The lowest BCUT2D eigenvalue weighted by Crippen LogP contribution is -2.41. The van der Waals surface area contributed by atoms with Crippen LogP contribution in [0.2, 0.25) is 0 Å². The van der Waals surface area contributed by atoms with E-state index in [-0.39, 0.29) is 12.3 Å². The summed E-state index contributed by atoms with van der Waals surface area (Å²) in [6, 6.07) is 3.93. The molecule has 0 unspecified atom stereocenters. The highest BCUT2D eigenvalue weighted by atomic mass is 19.1. The Labute approximate surface area is 87.6 Å². The van der Waals surface area contributed by atoms with Gasteiger partial charge in [0.05, 0.1) is 6.51 Å². The number of fused-ring (bicyclic) bond motifs is 1. The molecule has 3 nitrogen and oxygen atoms in total. The van der Waals surface area contributed by atoms with E-state index >= 15 is 0 Å². The fourth-order valence-electron chi connectivity index (χ4n) is 1.77. The first kappa shape index (κ1) is 10.5. The highest BCUT2D eigenvalue weighted by Gasteiger charge is 2.29. The molecule has 0 radical (unpaired) electrons. The van der Waals surface area contributed by atoms with Crippen LogP contribution >= 0.6 is 0 Å². The van der Waals surface area contributed by atoms with Crippen LogP contribution in [0.1, 0.15) is 12.0 Å². The third kappa shape index (κ3) is 2.13. The van der Waals surface area contributed by atoms with Gasteiger partial charge < -0.3 is 14.9 Å². The van der Waals surface area contributed by atoms with E-state index in [4.69, 9.17) is 9.84 Å². The summed E-state index contributed by atoms with van der Waals surface area (Å²) in [5.41, 5.74) is 0.816. The Balaban J connectivity index is 2.16. The quantitative estimate of drug-likeness (QED) is 0.701. The highest BCUT2D eigenvalue weighted by Crippen LogP contribution is 2.28. The Hall–Kier alpha value is -1.07. The van der Waals surface area contributed by atoms with Crippen molar-refractivity contribution in [3.05, 3.63) is 29.6 Å². The maximum absolute atomic E-state index is 12.9. The Morgan fingerprint density at radius 1 is 1.53 bits per heavy atom. The van der Waals surface area contributed by atoms with Crippen molar-refractivity contribution in [2.45, 2.75) is 18.8 Å². The number of halogens is 1. The van der Waals surface area contributed by atoms with Gasteiger partial charge in [-0.2, -0.15) is 0 Å². The van der Waals surface area contributed by atoms with E-state index in [9.17, 15) is 9.41 Å². The van der Waals surface area contributed by atoms with Gasteiger partial charge in [-0.05, 0) is 36.6 Å². The Kier molecular flexibility index (Phi) is 2.93. The number of aliphatic hydroxyl groups excluding tert-OH is 1. The summed E-state index contributed by atoms with van der Waals surface area (Å²) in [6.45, 7) is -1.19. The number of aliphatic hydroxyl groups is 1. The molecule has 0 amide bonds.